The van der Waals surface area contributed by atoms with E-state index in [4.69, 9.17) is 4.74 Å². The molecule has 5 nitrogen and oxygen atoms in total. The number of nitrogens with one attached hydrogen (secondary N) is 1. The van der Waals surface area contributed by atoms with Crippen molar-refractivity contribution < 1.29 is 9.53 Å². The highest BCUT2D eigenvalue weighted by molar-refractivity contribution is 5.79. The molecule has 1 aromatic carbocycles. The Morgan fingerprint density at radius 1 is 1.38 bits per heavy atom. The molecule has 2 aromatic rings. The fourth-order valence-electron chi connectivity index (χ4n) is 3.48. The van der Waals surface area contributed by atoms with Crippen LogP contribution >= 0.6 is 0 Å². The second kappa shape index (κ2) is 6.30. The number of hydrogen-bond acceptors (Lipinski definition) is 3. The van der Waals surface area contributed by atoms with Gasteiger partial charge in [-0.25, -0.2) is 0 Å². The second-order valence-corrected chi connectivity index (χ2v) is 7.36. The first-order valence-electron chi connectivity index (χ1n) is 8.31. The van der Waals surface area contributed by atoms with Crippen LogP contribution in [-0.2, 0) is 24.7 Å². The first-order chi connectivity index (χ1) is 11.4. The average molecular weight is 327 g/mol. The van der Waals surface area contributed by atoms with Gasteiger partial charge in [-0.3, -0.25) is 9.48 Å². The van der Waals surface area contributed by atoms with Crippen LogP contribution in [0.15, 0.2) is 30.5 Å². The number of methoxy groups -OCH3 is 1. The third kappa shape index (κ3) is 3.45. The molecule has 1 aromatic heterocycles. The van der Waals surface area contributed by atoms with Gasteiger partial charge < -0.3 is 10.1 Å². The van der Waals surface area contributed by atoms with Crippen molar-refractivity contribution in [3.05, 3.63) is 47.3 Å². The minimum absolute atomic E-state index is 0.0307. The summed E-state index contributed by atoms with van der Waals surface area (Å²) in [5.41, 5.74) is 3.51. The summed E-state index contributed by atoms with van der Waals surface area (Å²) in [4.78, 5) is 12.5. The van der Waals surface area contributed by atoms with E-state index in [1.54, 1.807) is 7.11 Å². The molecule has 24 heavy (non-hydrogen) atoms. The first-order valence-corrected chi connectivity index (χ1v) is 8.31. The second-order valence-electron chi connectivity index (χ2n) is 7.36. The lowest BCUT2D eigenvalue weighted by atomic mass is 9.74. The molecule has 0 spiro atoms. The van der Waals surface area contributed by atoms with Crippen LogP contribution in [-0.4, -0.2) is 22.8 Å². The molecule has 0 saturated carbocycles. The van der Waals surface area contributed by atoms with Crippen molar-refractivity contribution in [1.82, 2.24) is 15.1 Å². The SMILES string of the molecule is COc1ccc(CC(=O)N[C@@H]2CC(C)(C)Cc3c2cnn3C)cc1. The van der Waals surface area contributed by atoms with Crippen molar-refractivity contribution in [2.45, 2.75) is 39.2 Å². The highest BCUT2D eigenvalue weighted by Crippen LogP contribution is 2.40. The molecule has 1 N–H and O–H groups in total. The number of nitrogens with zero attached hydrogens (tertiary/aromatic N) is 2. The molecule has 0 aliphatic heterocycles. The standard InChI is InChI=1S/C19H25N3O2/c1-19(2)10-16(15-12-20-22(3)17(15)11-19)21-18(23)9-13-5-7-14(24-4)8-6-13/h5-8,12,16H,9-11H2,1-4H3,(H,21,23)/t16-/m1/s1. The van der Waals surface area contributed by atoms with Crippen molar-refractivity contribution in [2.24, 2.45) is 12.5 Å². The number of hydrogen-bond donors (Lipinski definition) is 1. The van der Waals surface area contributed by atoms with Gasteiger partial charge in [0, 0.05) is 18.3 Å². The maximum Gasteiger partial charge on any atom is 0.224 e. The lowest BCUT2D eigenvalue weighted by Gasteiger charge is -2.35. The monoisotopic (exact) mass is 327 g/mol. The smallest absolute Gasteiger partial charge is 0.224 e. The summed E-state index contributed by atoms with van der Waals surface area (Å²) in [6.07, 6.45) is 4.18. The van der Waals surface area contributed by atoms with Crippen LogP contribution in [0.4, 0.5) is 0 Å². The van der Waals surface area contributed by atoms with Gasteiger partial charge >= 0.3 is 0 Å². The van der Waals surface area contributed by atoms with Crippen LogP contribution in [0.3, 0.4) is 0 Å². The third-order valence-corrected chi connectivity index (χ3v) is 4.73. The Hall–Kier alpha value is -2.30. The lowest BCUT2D eigenvalue weighted by Crippen LogP contribution is -2.37. The van der Waals surface area contributed by atoms with Crippen LogP contribution in [0.5, 0.6) is 5.75 Å². The van der Waals surface area contributed by atoms with Gasteiger partial charge in [0.15, 0.2) is 0 Å². The fraction of sp³-hybridized carbons (Fsp3) is 0.474. The number of carbonyl (C=O) groups excluding carboxylic acids is 1. The van der Waals surface area contributed by atoms with Crippen molar-refractivity contribution >= 4 is 5.91 Å². The van der Waals surface area contributed by atoms with Crippen molar-refractivity contribution in [3.63, 3.8) is 0 Å². The Balaban J connectivity index is 1.71. The predicted octanol–water partition coefficient (Wildman–Crippen LogP) is 2.80. The topological polar surface area (TPSA) is 56.1 Å². The molecule has 0 unspecified atom stereocenters. The van der Waals surface area contributed by atoms with Gasteiger partial charge in [0.2, 0.25) is 5.91 Å². The van der Waals surface area contributed by atoms with E-state index < -0.39 is 0 Å². The van der Waals surface area contributed by atoms with Gasteiger partial charge in [-0.05, 0) is 36.0 Å². The van der Waals surface area contributed by atoms with E-state index >= 15 is 0 Å². The lowest BCUT2D eigenvalue weighted by molar-refractivity contribution is -0.121. The van der Waals surface area contributed by atoms with Crippen molar-refractivity contribution in [2.75, 3.05) is 7.11 Å². The van der Waals surface area contributed by atoms with E-state index in [2.05, 4.69) is 24.3 Å². The Morgan fingerprint density at radius 2 is 2.08 bits per heavy atom. The van der Waals surface area contributed by atoms with Crippen LogP contribution in [0, 0.1) is 5.41 Å². The Morgan fingerprint density at radius 3 is 2.75 bits per heavy atom. The van der Waals surface area contributed by atoms with Crippen LogP contribution in [0.2, 0.25) is 0 Å². The minimum atomic E-state index is 0.0307. The number of amides is 1. The zero-order chi connectivity index (χ0) is 17.3. The number of carbonyl (C=O) groups is 1. The molecule has 128 valence electrons. The molecule has 0 saturated heterocycles. The zero-order valence-corrected chi connectivity index (χ0v) is 14.8. The molecular weight excluding hydrogens is 302 g/mol. The summed E-state index contributed by atoms with van der Waals surface area (Å²) in [7, 11) is 3.61. The molecule has 0 bridgehead atoms. The average Bonchev–Trinajstić information content (AvgIpc) is 2.88. The molecule has 0 fully saturated rings. The first kappa shape index (κ1) is 16.6. The van der Waals surface area contributed by atoms with E-state index in [-0.39, 0.29) is 17.4 Å². The van der Waals surface area contributed by atoms with Crippen LogP contribution in [0.1, 0.15) is 43.1 Å². The van der Waals surface area contributed by atoms with Crippen LogP contribution in [0.25, 0.3) is 0 Å². The molecule has 3 rings (SSSR count). The Bertz CT molecular complexity index is 732. The van der Waals surface area contributed by atoms with E-state index in [1.165, 1.54) is 5.69 Å². The minimum Gasteiger partial charge on any atom is -0.497 e. The molecule has 1 amide bonds. The van der Waals surface area contributed by atoms with Crippen molar-refractivity contribution in [1.29, 1.82) is 0 Å². The van der Waals surface area contributed by atoms with Gasteiger partial charge in [0.25, 0.3) is 0 Å². The van der Waals surface area contributed by atoms with Gasteiger partial charge in [0.1, 0.15) is 5.75 Å². The summed E-state index contributed by atoms with van der Waals surface area (Å²) in [5, 5.41) is 7.57. The summed E-state index contributed by atoms with van der Waals surface area (Å²) >= 11 is 0. The van der Waals surface area contributed by atoms with Crippen LogP contribution < -0.4 is 10.1 Å². The Kier molecular flexibility index (Phi) is 4.35. The fourth-order valence-corrected chi connectivity index (χ4v) is 3.48. The van der Waals surface area contributed by atoms with E-state index in [1.807, 2.05) is 42.2 Å². The van der Waals surface area contributed by atoms with Gasteiger partial charge in [-0.2, -0.15) is 5.10 Å². The molecule has 1 heterocycles. The largest absolute Gasteiger partial charge is 0.497 e. The molecule has 1 aliphatic rings. The molecule has 0 radical (unpaired) electrons. The maximum absolute atomic E-state index is 12.5. The van der Waals surface area contributed by atoms with Gasteiger partial charge in [-0.15, -0.1) is 0 Å². The predicted molar refractivity (Wildman–Crippen MR) is 92.9 cm³/mol. The molecular formula is C19H25N3O2. The number of ether oxygens (including phenoxy) is 1. The number of fused-ring (bicyclic) bond motifs is 1. The quantitative estimate of drug-likeness (QED) is 0.939. The number of aryl methyl sites for hydroxylation is 1. The highest BCUT2D eigenvalue weighted by atomic mass is 16.5. The third-order valence-electron chi connectivity index (χ3n) is 4.73. The van der Waals surface area contributed by atoms with Gasteiger partial charge in [-0.1, -0.05) is 26.0 Å². The summed E-state index contributed by atoms with van der Waals surface area (Å²) in [5.74, 6) is 0.839. The number of rotatable bonds is 4. The summed E-state index contributed by atoms with van der Waals surface area (Å²) in [6, 6.07) is 7.65. The van der Waals surface area contributed by atoms with Gasteiger partial charge in [0.05, 0.1) is 25.8 Å². The zero-order valence-electron chi connectivity index (χ0n) is 14.8. The highest BCUT2D eigenvalue weighted by Gasteiger charge is 2.35. The number of aromatic nitrogens is 2. The molecule has 1 atom stereocenters. The number of benzene rings is 1. The normalized spacial score (nSPS) is 18.8. The summed E-state index contributed by atoms with van der Waals surface area (Å²) in [6.45, 7) is 4.48. The molecule has 5 heteroatoms. The summed E-state index contributed by atoms with van der Waals surface area (Å²) < 4.78 is 7.08. The van der Waals surface area contributed by atoms with E-state index in [0.29, 0.717) is 6.42 Å². The van der Waals surface area contributed by atoms with Crippen molar-refractivity contribution in [3.8, 4) is 5.75 Å². The van der Waals surface area contributed by atoms with E-state index in [9.17, 15) is 4.79 Å². The Labute approximate surface area is 143 Å². The van der Waals surface area contributed by atoms with E-state index in [0.717, 1.165) is 29.7 Å². The maximum atomic E-state index is 12.5. The molecule has 1 aliphatic carbocycles.